The van der Waals surface area contributed by atoms with E-state index in [1.54, 1.807) is 0 Å². The van der Waals surface area contributed by atoms with E-state index in [9.17, 15) is 0 Å². The molecule has 0 saturated heterocycles. The van der Waals surface area contributed by atoms with Crippen LogP contribution in [0.25, 0.3) is 22.4 Å². The lowest BCUT2D eigenvalue weighted by atomic mass is 9.93. The SMILES string of the molecule is Cc1ccc2c(c1)Cc1c-2ccc(C)c1-c1cc(C)cc[n+]1C. The maximum Gasteiger partial charge on any atom is 0.213 e. The molecule has 4 rings (SSSR count). The van der Waals surface area contributed by atoms with Crippen LogP contribution >= 0.6 is 0 Å². The molecule has 1 heterocycles. The van der Waals surface area contributed by atoms with Gasteiger partial charge in [-0.3, -0.25) is 0 Å². The van der Waals surface area contributed by atoms with Crippen LogP contribution in [0.15, 0.2) is 48.7 Å². The predicted molar refractivity (Wildman–Crippen MR) is 95.5 cm³/mol. The Labute approximate surface area is 138 Å². The Balaban J connectivity index is 1.99. The number of aryl methyl sites for hydroxylation is 4. The lowest BCUT2D eigenvalue weighted by molar-refractivity contribution is -0.660. The first kappa shape index (κ1) is 14.2. The van der Waals surface area contributed by atoms with Gasteiger partial charge in [-0.25, -0.2) is 4.57 Å². The van der Waals surface area contributed by atoms with E-state index in [0.717, 1.165) is 6.42 Å². The highest BCUT2D eigenvalue weighted by atomic mass is 14.9. The maximum atomic E-state index is 2.34. The summed E-state index contributed by atoms with van der Waals surface area (Å²) in [5, 5.41) is 0. The van der Waals surface area contributed by atoms with E-state index in [-0.39, 0.29) is 0 Å². The minimum Gasteiger partial charge on any atom is -0.201 e. The van der Waals surface area contributed by atoms with Crippen molar-refractivity contribution < 1.29 is 4.57 Å². The molecule has 1 aliphatic carbocycles. The van der Waals surface area contributed by atoms with Crippen molar-refractivity contribution in [2.45, 2.75) is 27.2 Å². The molecule has 2 aromatic carbocycles. The molecular formula is C22H22N+. The molecule has 1 aromatic heterocycles. The van der Waals surface area contributed by atoms with E-state index in [0.29, 0.717) is 0 Å². The summed E-state index contributed by atoms with van der Waals surface area (Å²) in [4.78, 5) is 0. The molecule has 114 valence electrons. The largest absolute Gasteiger partial charge is 0.213 e. The van der Waals surface area contributed by atoms with Gasteiger partial charge in [0.2, 0.25) is 5.69 Å². The number of rotatable bonds is 1. The monoisotopic (exact) mass is 300 g/mol. The summed E-state index contributed by atoms with van der Waals surface area (Å²) >= 11 is 0. The Hall–Kier alpha value is -2.41. The second kappa shape index (κ2) is 5.06. The minimum absolute atomic E-state index is 1.04. The average molecular weight is 300 g/mol. The Kier molecular flexibility index (Phi) is 3.12. The van der Waals surface area contributed by atoms with Gasteiger partial charge in [-0.2, -0.15) is 0 Å². The van der Waals surface area contributed by atoms with Gasteiger partial charge in [0, 0.05) is 12.1 Å². The number of hydrogen-bond donors (Lipinski definition) is 0. The number of fused-ring (bicyclic) bond motifs is 3. The molecule has 3 aromatic rings. The van der Waals surface area contributed by atoms with Crippen molar-refractivity contribution in [3.63, 3.8) is 0 Å². The van der Waals surface area contributed by atoms with E-state index < -0.39 is 0 Å². The predicted octanol–water partition coefficient (Wildman–Crippen LogP) is 4.67. The third-order valence-electron chi connectivity index (χ3n) is 5.00. The van der Waals surface area contributed by atoms with Gasteiger partial charge in [0.1, 0.15) is 7.05 Å². The van der Waals surface area contributed by atoms with Crippen LogP contribution in [0.1, 0.15) is 27.8 Å². The second-order valence-electron chi connectivity index (χ2n) is 6.82. The van der Waals surface area contributed by atoms with Gasteiger partial charge in [-0.1, -0.05) is 35.9 Å². The van der Waals surface area contributed by atoms with E-state index >= 15 is 0 Å². The van der Waals surface area contributed by atoms with Crippen molar-refractivity contribution in [1.82, 2.24) is 0 Å². The Morgan fingerprint density at radius 3 is 2.39 bits per heavy atom. The molecule has 0 unspecified atom stereocenters. The van der Waals surface area contributed by atoms with E-state index in [4.69, 9.17) is 0 Å². The van der Waals surface area contributed by atoms with Crippen LogP contribution in [0.2, 0.25) is 0 Å². The highest BCUT2D eigenvalue weighted by Gasteiger charge is 2.26. The van der Waals surface area contributed by atoms with E-state index in [2.05, 4.69) is 81.0 Å². The minimum atomic E-state index is 1.04. The summed E-state index contributed by atoms with van der Waals surface area (Å²) < 4.78 is 2.24. The molecule has 0 N–H and O–H groups in total. The third-order valence-corrected chi connectivity index (χ3v) is 5.00. The van der Waals surface area contributed by atoms with Gasteiger partial charge in [0.15, 0.2) is 6.20 Å². The number of aromatic nitrogens is 1. The lowest BCUT2D eigenvalue weighted by Gasteiger charge is -2.11. The van der Waals surface area contributed by atoms with Crippen LogP contribution in [0.3, 0.4) is 0 Å². The smallest absolute Gasteiger partial charge is 0.201 e. The first-order chi connectivity index (χ1) is 11.0. The highest BCUT2D eigenvalue weighted by Crippen LogP contribution is 2.42. The van der Waals surface area contributed by atoms with Gasteiger partial charge in [-0.15, -0.1) is 0 Å². The average Bonchev–Trinajstić information content (AvgIpc) is 2.87. The summed E-state index contributed by atoms with van der Waals surface area (Å²) in [5.41, 5.74) is 12.5. The van der Waals surface area contributed by atoms with Crippen molar-refractivity contribution in [3.05, 3.63) is 76.5 Å². The van der Waals surface area contributed by atoms with Gasteiger partial charge >= 0.3 is 0 Å². The number of pyridine rings is 1. The first-order valence-electron chi connectivity index (χ1n) is 8.23. The van der Waals surface area contributed by atoms with Gasteiger partial charge in [-0.05, 0) is 60.6 Å². The molecule has 0 aliphatic heterocycles. The molecule has 0 atom stereocenters. The fourth-order valence-corrected chi connectivity index (χ4v) is 3.80. The molecular weight excluding hydrogens is 278 g/mol. The summed E-state index contributed by atoms with van der Waals surface area (Å²) in [7, 11) is 2.14. The van der Waals surface area contributed by atoms with Gasteiger partial charge in [0.25, 0.3) is 0 Å². The van der Waals surface area contributed by atoms with Crippen LogP contribution in [0, 0.1) is 20.8 Å². The molecule has 0 radical (unpaired) electrons. The Bertz CT molecular complexity index is 935. The van der Waals surface area contributed by atoms with Crippen molar-refractivity contribution >= 4 is 0 Å². The van der Waals surface area contributed by atoms with Gasteiger partial charge < -0.3 is 0 Å². The number of nitrogens with zero attached hydrogens (tertiary/aromatic N) is 1. The van der Waals surface area contributed by atoms with Crippen molar-refractivity contribution in [3.8, 4) is 22.4 Å². The lowest BCUT2D eigenvalue weighted by Crippen LogP contribution is -2.31. The molecule has 1 heteroatoms. The highest BCUT2D eigenvalue weighted by molar-refractivity contribution is 5.85. The fourth-order valence-electron chi connectivity index (χ4n) is 3.80. The molecule has 0 saturated carbocycles. The molecule has 0 spiro atoms. The Morgan fingerprint density at radius 2 is 1.57 bits per heavy atom. The summed E-state index contributed by atoms with van der Waals surface area (Å²) in [6, 6.07) is 15.9. The van der Waals surface area contributed by atoms with Gasteiger partial charge in [0.05, 0.1) is 5.56 Å². The summed E-state index contributed by atoms with van der Waals surface area (Å²) in [6.07, 6.45) is 3.20. The number of benzene rings is 2. The maximum absolute atomic E-state index is 2.34. The molecule has 23 heavy (non-hydrogen) atoms. The fraction of sp³-hybridized carbons (Fsp3) is 0.227. The van der Waals surface area contributed by atoms with Crippen LogP contribution < -0.4 is 4.57 Å². The van der Waals surface area contributed by atoms with Crippen LogP contribution in [0.5, 0.6) is 0 Å². The molecule has 0 bridgehead atoms. The Morgan fingerprint density at radius 1 is 0.826 bits per heavy atom. The van der Waals surface area contributed by atoms with E-state index in [1.165, 1.54) is 50.2 Å². The molecule has 1 aliphatic rings. The standard InChI is InChI=1S/C22H22N/c1-14-5-7-18-17(11-14)13-20-19(18)8-6-16(3)22(20)21-12-15(2)9-10-23(21)4/h5-12H,13H2,1-4H3/q+1. The normalized spacial score (nSPS) is 12.2. The zero-order valence-corrected chi connectivity index (χ0v) is 14.3. The summed E-state index contributed by atoms with van der Waals surface area (Å²) in [6.45, 7) is 6.57. The molecule has 0 amide bonds. The van der Waals surface area contributed by atoms with Crippen LogP contribution in [-0.2, 0) is 13.5 Å². The summed E-state index contributed by atoms with van der Waals surface area (Å²) in [5.74, 6) is 0. The molecule has 1 nitrogen and oxygen atoms in total. The topological polar surface area (TPSA) is 3.88 Å². The van der Waals surface area contributed by atoms with Crippen molar-refractivity contribution in [2.75, 3.05) is 0 Å². The first-order valence-corrected chi connectivity index (χ1v) is 8.23. The van der Waals surface area contributed by atoms with E-state index in [1.807, 2.05) is 0 Å². The molecule has 0 fully saturated rings. The zero-order valence-electron chi connectivity index (χ0n) is 14.3. The number of hydrogen-bond acceptors (Lipinski definition) is 0. The third kappa shape index (κ3) is 2.19. The van der Waals surface area contributed by atoms with Crippen LogP contribution in [0.4, 0.5) is 0 Å². The second-order valence-corrected chi connectivity index (χ2v) is 6.82. The zero-order chi connectivity index (χ0) is 16.1. The van der Waals surface area contributed by atoms with Crippen molar-refractivity contribution in [2.24, 2.45) is 7.05 Å². The quantitative estimate of drug-likeness (QED) is 0.450. The van der Waals surface area contributed by atoms with Crippen molar-refractivity contribution in [1.29, 1.82) is 0 Å². The van der Waals surface area contributed by atoms with Crippen LogP contribution in [-0.4, -0.2) is 0 Å².